The molecule has 0 aliphatic carbocycles. The van der Waals surface area contributed by atoms with Gasteiger partial charge in [0.05, 0.1) is 12.7 Å². The van der Waals surface area contributed by atoms with Crippen molar-refractivity contribution in [3.63, 3.8) is 0 Å². The standard InChI is InChI=1S/C17H22O4/c1-5-16(13(3)10-12(2)11-18)21-17(19)14-6-8-15(20-4)9-7-14/h5-9,11-13,16H,1,10H2,2-4H3/t12-,13+,16?/m1/s1. The maximum Gasteiger partial charge on any atom is 0.338 e. The Hall–Kier alpha value is -2.10. The highest BCUT2D eigenvalue weighted by Crippen LogP contribution is 2.20. The Morgan fingerprint density at radius 2 is 1.90 bits per heavy atom. The molecule has 21 heavy (non-hydrogen) atoms. The summed E-state index contributed by atoms with van der Waals surface area (Å²) in [5, 5.41) is 0. The molecule has 1 aromatic carbocycles. The summed E-state index contributed by atoms with van der Waals surface area (Å²) in [6, 6.07) is 6.72. The molecule has 1 aromatic rings. The zero-order valence-corrected chi connectivity index (χ0v) is 12.7. The second-order valence-corrected chi connectivity index (χ2v) is 5.16. The number of esters is 1. The molecule has 0 amide bonds. The Kier molecular flexibility index (Phi) is 6.66. The minimum absolute atomic E-state index is 0.0323. The van der Waals surface area contributed by atoms with Gasteiger partial charge in [0.25, 0.3) is 0 Å². The highest BCUT2D eigenvalue weighted by Gasteiger charge is 2.21. The summed E-state index contributed by atoms with van der Waals surface area (Å²) in [4.78, 5) is 22.8. The topological polar surface area (TPSA) is 52.6 Å². The molecule has 3 atom stereocenters. The molecule has 0 aliphatic heterocycles. The fourth-order valence-electron chi connectivity index (χ4n) is 2.09. The Morgan fingerprint density at radius 1 is 1.29 bits per heavy atom. The predicted molar refractivity (Wildman–Crippen MR) is 81.4 cm³/mol. The SMILES string of the molecule is C=CC(OC(=O)c1ccc(OC)cc1)[C@@H](C)C[C@@H](C)C=O. The first-order chi connectivity index (χ1) is 10.0. The molecule has 0 N–H and O–H groups in total. The van der Waals surface area contributed by atoms with Gasteiger partial charge in [-0.3, -0.25) is 0 Å². The molecule has 0 heterocycles. The molecule has 1 unspecified atom stereocenters. The summed E-state index contributed by atoms with van der Waals surface area (Å²) in [6.07, 6.45) is 2.74. The van der Waals surface area contributed by atoms with Gasteiger partial charge in [0.15, 0.2) is 0 Å². The number of hydrogen-bond acceptors (Lipinski definition) is 4. The number of methoxy groups -OCH3 is 1. The van der Waals surface area contributed by atoms with E-state index in [1.54, 1.807) is 37.5 Å². The number of hydrogen-bond donors (Lipinski definition) is 0. The maximum absolute atomic E-state index is 12.1. The number of rotatable bonds is 8. The highest BCUT2D eigenvalue weighted by molar-refractivity contribution is 5.89. The Labute approximate surface area is 125 Å². The van der Waals surface area contributed by atoms with Crippen LogP contribution in [0.3, 0.4) is 0 Å². The van der Waals surface area contributed by atoms with Gasteiger partial charge in [-0.1, -0.05) is 26.5 Å². The normalized spacial score (nSPS) is 14.6. The first-order valence-electron chi connectivity index (χ1n) is 6.94. The molecule has 4 heteroatoms. The van der Waals surface area contributed by atoms with Gasteiger partial charge in [-0.25, -0.2) is 4.79 Å². The lowest BCUT2D eigenvalue weighted by Crippen LogP contribution is -2.25. The number of carbonyl (C=O) groups excluding carboxylic acids is 2. The molecular formula is C17H22O4. The molecule has 114 valence electrons. The first-order valence-corrected chi connectivity index (χ1v) is 6.94. The third-order valence-corrected chi connectivity index (χ3v) is 3.34. The first kappa shape index (κ1) is 17.0. The summed E-state index contributed by atoms with van der Waals surface area (Å²) < 4.78 is 10.5. The second-order valence-electron chi connectivity index (χ2n) is 5.16. The van der Waals surface area contributed by atoms with Crippen LogP contribution in [-0.2, 0) is 9.53 Å². The van der Waals surface area contributed by atoms with E-state index < -0.39 is 12.1 Å². The molecule has 0 aromatic heterocycles. The third-order valence-electron chi connectivity index (χ3n) is 3.34. The van der Waals surface area contributed by atoms with Crippen LogP contribution in [0.4, 0.5) is 0 Å². The molecule has 0 saturated carbocycles. The lowest BCUT2D eigenvalue weighted by Gasteiger charge is -2.22. The zero-order chi connectivity index (χ0) is 15.8. The van der Waals surface area contributed by atoms with E-state index in [2.05, 4.69) is 6.58 Å². The highest BCUT2D eigenvalue weighted by atomic mass is 16.5. The minimum atomic E-state index is -0.415. The Morgan fingerprint density at radius 3 is 2.38 bits per heavy atom. The summed E-state index contributed by atoms with van der Waals surface area (Å²) >= 11 is 0. The molecule has 1 rings (SSSR count). The van der Waals surface area contributed by atoms with Crippen LogP contribution in [0.2, 0.25) is 0 Å². The zero-order valence-electron chi connectivity index (χ0n) is 12.7. The average Bonchev–Trinajstić information content (AvgIpc) is 2.51. The molecule has 0 saturated heterocycles. The van der Waals surface area contributed by atoms with Gasteiger partial charge in [-0.05, 0) is 36.6 Å². The summed E-state index contributed by atoms with van der Waals surface area (Å²) in [5.41, 5.74) is 0.457. The van der Waals surface area contributed by atoms with Crippen molar-refractivity contribution in [1.82, 2.24) is 0 Å². The molecular weight excluding hydrogens is 268 g/mol. The van der Waals surface area contributed by atoms with Crippen molar-refractivity contribution in [2.24, 2.45) is 11.8 Å². The van der Waals surface area contributed by atoms with E-state index in [9.17, 15) is 9.59 Å². The molecule has 4 nitrogen and oxygen atoms in total. The van der Waals surface area contributed by atoms with Crippen molar-refractivity contribution < 1.29 is 19.1 Å². The van der Waals surface area contributed by atoms with E-state index in [4.69, 9.17) is 9.47 Å². The van der Waals surface area contributed by atoms with Gasteiger partial charge >= 0.3 is 5.97 Å². The van der Waals surface area contributed by atoms with Crippen LogP contribution >= 0.6 is 0 Å². The van der Waals surface area contributed by atoms with Gasteiger partial charge in [0.2, 0.25) is 0 Å². The average molecular weight is 290 g/mol. The van der Waals surface area contributed by atoms with Gasteiger partial charge in [0, 0.05) is 5.92 Å². The van der Waals surface area contributed by atoms with Gasteiger partial charge in [-0.15, -0.1) is 0 Å². The number of ether oxygens (including phenoxy) is 2. The van der Waals surface area contributed by atoms with Crippen LogP contribution in [0.1, 0.15) is 30.6 Å². The quantitative estimate of drug-likeness (QED) is 0.419. The van der Waals surface area contributed by atoms with Crippen LogP contribution < -0.4 is 4.74 Å². The van der Waals surface area contributed by atoms with Gasteiger partial charge in [0.1, 0.15) is 18.1 Å². The predicted octanol–water partition coefficient (Wildman–Crippen LogP) is 3.27. The van der Waals surface area contributed by atoms with Crippen molar-refractivity contribution >= 4 is 12.3 Å². The van der Waals surface area contributed by atoms with Crippen LogP contribution in [-0.4, -0.2) is 25.5 Å². The van der Waals surface area contributed by atoms with Gasteiger partial charge < -0.3 is 14.3 Å². The molecule has 0 fully saturated rings. The van der Waals surface area contributed by atoms with E-state index in [-0.39, 0.29) is 11.8 Å². The van der Waals surface area contributed by atoms with Crippen LogP contribution in [0.15, 0.2) is 36.9 Å². The Balaban J connectivity index is 2.68. The van der Waals surface area contributed by atoms with E-state index in [0.717, 1.165) is 6.29 Å². The molecule has 0 radical (unpaired) electrons. The van der Waals surface area contributed by atoms with Crippen molar-refractivity contribution in [3.05, 3.63) is 42.5 Å². The van der Waals surface area contributed by atoms with Gasteiger partial charge in [-0.2, -0.15) is 0 Å². The molecule has 0 aliphatic rings. The van der Waals surface area contributed by atoms with Crippen molar-refractivity contribution in [2.45, 2.75) is 26.4 Å². The maximum atomic E-state index is 12.1. The summed E-state index contributed by atoms with van der Waals surface area (Å²) in [6.45, 7) is 7.48. The van der Waals surface area contributed by atoms with Crippen LogP contribution in [0, 0.1) is 11.8 Å². The van der Waals surface area contributed by atoms with E-state index >= 15 is 0 Å². The third kappa shape index (κ3) is 5.06. The fourth-order valence-corrected chi connectivity index (χ4v) is 2.09. The molecule has 0 spiro atoms. The van der Waals surface area contributed by atoms with Crippen LogP contribution in [0.5, 0.6) is 5.75 Å². The number of carbonyl (C=O) groups is 2. The lowest BCUT2D eigenvalue weighted by molar-refractivity contribution is -0.111. The summed E-state index contributed by atoms with van der Waals surface area (Å²) in [5.74, 6) is 0.236. The molecule has 0 bridgehead atoms. The van der Waals surface area contributed by atoms with Crippen molar-refractivity contribution in [1.29, 1.82) is 0 Å². The Bertz CT molecular complexity index is 478. The minimum Gasteiger partial charge on any atom is -0.497 e. The van der Waals surface area contributed by atoms with E-state index in [1.165, 1.54) is 0 Å². The van der Waals surface area contributed by atoms with Crippen LogP contribution in [0.25, 0.3) is 0 Å². The van der Waals surface area contributed by atoms with Crippen molar-refractivity contribution in [3.8, 4) is 5.75 Å². The van der Waals surface area contributed by atoms with Crippen molar-refractivity contribution in [2.75, 3.05) is 7.11 Å². The fraction of sp³-hybridized carbons (Fsp3) is 0.412. The largest absolute Gasteiger partial charge is 0.497 e. The van der Waals surface area contributed by atoms with E-state index in [0.29, 0.717) is 17.7 Å². The smallest absolute Gasteiger partial charge is 0.338 e. The number of benzene rings is 1. The second kappa shape index (κ2) is 8.25. The monoisotopic (exact) mass is 290 g/mol. The lowest BCUT2D eigenvalue weighted by atomic mass is 9.93. The van der Waals surface area contributed by atoms with E-state index in [1.807, 2.05) is 13.8 Å². The summed E-state index contributed by atoms with van der Waals surface area (Å²) in [7, 11) is 1.57. The number of aldehydes is 1.